The fourth-order valence-electron chi connectivity index (χ4n) is 4.39. The van der Waals surface area contributed by atoms with E-state index < -0.39 is 0 Å². The van der Waals surface area contributed by atoms with Crippen LogP contribution in [-0.4, -0.2) is 36.6 Å². The number of nitrogens with zero attached hydrogens (tertiary/aromatic N) is 1. The van der Waals surface area contributed by atoms with Crippen LogP contribution in [0.15, 0.2) is 0 Å². The van der Waals surface area contributed by atoms with Crippen molar-refractivity contribution in [2.75, 3.05) is 19.6 Å². The van der Waals surface area contributed by atoms with Gasteiger partial charge in [-0.3, -0.25) is 4.90 Å². The monoisotopic (exact) mass is 236 g/mol. The van der Waals surface area contributed by atoms with Gasteiger partial charge in [-0.1, -0.05) is 20.3 Å². The van der Waals surface area contributed by atoms with Gasteiger partial charge in [0.15, 0.2) is 0 Å². The van der Waals surface area contributed by atoms with Gasteiger partial charge in [0.1, 0.15) is 0 Å². The van der Waals surface area contributed by atoms with Crippen LogP contribution in [0.4, 0.5) is 0 Å². The molecule has 2 bridgehead atoms. The molecule has 17 heavy (non-hydrogen) atoms. The molecular weight excluding hydrogens is 208 g/mol. The average molecular weight is 236 g/mol. The lowest BCUT2D eigenvalue weighted by atomic mass is 9.94. The molecule has 1 saturated heterocycles. The first-order valence-electron chi connectivity index (χ1n) is 7.70. The van der Waals surface area contributed by atoms with Gasteiger partial charge in [-0.2, -0.15) is 0 Å². The first kappa shape index (κ1) is 12.0. The smallest absolute Gasteiger partial charge is 0.0126 e. The van der Waals surface area contributed by atoms with Gasteiger partial charge in [-0.15, -0.1) is 0 Å². The van der Waals surface area contributed by atoms with Gasteiger partial charge in [-0.05, 0) is 56.5 Å². The summed E-state index contributed by atoms with van der Waals surface area (Å²) in [6.45, 7) is 8.48. The molecule has 2 heteroatoms. The van der Waals surface area contributed by atoms with Crippen LogP contribution in [0.2, 0.25) is 0 Å². The third kappa shape index (κ3) is 2.53. The largest absolute Gasteiger partial charge is 0.314 e. The lowest BCUT2D eigenvalue weighted by molar-refractivity contribution is 0.169. The Kier molecular flexibility index (Phi) is 3.45. The predicted octanol–water partition coefficient (Wildman–Crippen LogP) is 2.49. The molecule has 1 aliphatic heterocycles. The second kappa shape index (κ2) is 4.89. The molecule has 0 radical (unpaired) electrons. The van der Waals surface area contributed by atoms with Gasteiger partial charge >= 0.3 is 0 Å². The van der Waals surface area contributed by atoms with Crippen LogP contribution >= 0.6 is 0 Å². The number of fused-ring (bicyclic) bond motifs is 2. The van der Waals surface area contributed by atoms with E-state index in [0.717, 1.165) is 23.8 Å². The van der Waals surface area contributed by atoms with E-state index in [1.807, 2.05) is 0 Å². The van der Waals surface area contributed by atoms with Crippen molar-refractivity contribution in [1.82, 2.24) is 10.2 Å². The minimum atomic E-state index is 0.645. The van der Waals surface area contributed by atoms with Crippen LogP contribution in [0.1, 0.15) is 46.0 Å². The Bertz CT molecular complexity index is 264. The summed E-state index contributed by atoms with van der Waals surface area (Å²) in [6, 6.07) is 1.62. The van der Waals surface area contributed by atoms with Gasteiger partial charge < -0.3 is 5.32 Å². The van der Waals surface area contributed by atoms with Crippen molar-refractivity contribution < 1.29 is 0 Å². The van der Waals surface area contributed by atoms with E-state index in [0.29, 0.717) is 6.04 Å². The van der Waals surface area contributed by atoms with E-state index in [9.17, 15) is 0 Å². The van der Waals surface area contributed by atoms with Crippen LogP contribution in [0.3, 0.4) is 0 Å². The van der Waals surface area contributed by atoms with E-state index in [1.54, 1.807) is 6.42 Å². The van der Waals surface area contributed by atoms with E-state index in [2.05, 4.69) is 24.1 Å². The lowest BCUT2D eigenvalue weighted by Gasteiger charge is -2.31. The molecule has 1 N–H and O–H groups in total. The summed E-state index contributed by atoms with van der Waals surface area (Å²) in [4.78, 5) is 2.83. The average Bonchev–Trinajstić information content (AvgIpc) is 3.01. The zero-order valence-corrected chi connectivity index (χ0v) is 11.5. The zero-order chi connectivity index (χ0) is 11.8. The maximum atomic E-state index is 3.61. The molecular formula is C15H28N2. The van der Waals surface area contributed by atoms with Gasteiger partial charge in [-0.25, -0.2) is 0 Å². The second-order valence-electron chi connectivity index (χ2n) is 6.95. The summed E-state index contributed by atoms with van der Waals surface area (Å²) in [5.74, 6) is 3.08. The molecule has 1 heterocycles. The highest BCUT2D eigenvalue weighted by Gasteiger charge is 2.43. The van der Waals surface area contributed by atoms with E-state index in [1.165, 1.54) is 45.3 Å². The molecule has 0 aromatic carbocycles. The van der Waals surface area contributed by atoms with E-state index >= 15 is 0 Å². The SMILES string of the molecule is CC(C)NCC1CCN(C2CC3CCC2C3)C1. The molecule has 0 amide bonds. The Hall–Kier alpha value is -0.0800. The van der Waals surface area contributed by atoms with Crippen LogP contribution in [0.5, 0.6) is 0 Å². The molecule has 0 spiro atoms. The minimum absolute atomic E-state index is 0.645. The van der Waals surface area contributed by atoms with E-state index in [-0.39, 0.29) is 0 Å². The third-order valence-electron chi connectivity index (χ3n) is 5.30. The van der Waals surface area contributed by atoms with Gasteiger partial charge in [0, 0.05) is 18.6 Å². The molecule has 3 rings (SSSR count). The Morgan fingerprint density at radius 2 is 2.06 bits per heavy atom. The number of nitrogens with one attached hydrogen (secondary N) is 1. The number of hydrogen-bond donors (Lipinski definition) is 1. The maximum Gasteiger partial charge on any atom is 0.0126 e. The van der Waals surface area contributed by atoms with Crippen LogP contribution in [0.25, 0.3) is 0 Å². The maximum absolute atomic E-state index is 3.61. The van der Waals surface area contributed by atoms with Crippen molar-refractivity contribution in [3.8, 4) is 0 Å². The highest BCUT2D eigenvalue weighted by molar-refractivity contribution is 4.97. The zero-order valence-electron chi connectivity index (χ0n) is 11.5. The van der Waals surface area contributed by atoms with E-state index in [4.69, 9.17) is 0 Å². The highest BCUT2D eigenvalue weighted by atomic mass is 15.2. The third-order valence-corrected chi connectivity index (χ3v) is 5.30. The van der Waals surface area contributed by atoms with Crippen molar-refractivity contribution in [1.29, 1.82) is 0 Å². The fraction of sp³-hybridized carbons (Fsp3) is 1.00. The fourth-order valence-corrected chi connectivity index (χ4v) is 4.39. The number of hydrogen-bond acceptors (Lipinski definition) is 2. The summed E-state index contributed by atoms with van der Waals surface area (Å²) in [5, 5.41) is 3.61. The molecule has 4 atom stereocenters. The second-order valence-corrected chi connectivity index (χ2v) is 6.95. The summed E-state index contributed by atoms with van der Waals surface area (Å²) in [6.07, 6.45) is 7.56. The molecule has 3 aliphatic rings. The lowest BCUT2D eigenvalue weighted by Crippen LogP contribution is -2.38. The predicted molar refractivity (Wildman–Crippen MR) is 72.1 cm³/mol. The Balaban J connectivity index is 1.47. The van der Waals surface area contributed by atoms with Crippen molar-refractivity contribution in [2.45, 2.75) is 58.0 Å². The summed E-state index contributed by atoms with van der Waals surface area (Å²) < 4.78 is 0. The summed E-state index contributed by atoms with van der Waals surface area (Å²) in [5.41, 5.74) is 0. The van der Waals surface area contributed by atoms with Gasteiger partial charge in [0.05, 0.1) is 0 Å². The quantitative estimate of drug-likeness (QED) is 0.807. The first-order chi connectivity index (χ1) is 8.22. The van der Waals surface area contributed by atoms with Crippen molar-refractivity contribution in [2.24, 2.45) is 17.8 Å². The van der Waals surface area contributed by atoms with Crippen molar-refractivity contribution in [3.63, 3.8) is 0 Å². The van der Waals surface area contributed by atoms with Crippen molar-refractivity contribution in [3.05, 3.63) is 0 Å². The van der Waals surface area contributed by atoms with Gasteiger partial charge in [0.25, 0.3) is 0 Å². The normalized spacial score (nSPS) is 41.8. The Labute approximate surface area is 106 Å². The molecule has 98 valence electrons. The minimum Gasteiger partial charge on any atom is -0.314 e. The number of likely N-dealkylation sites (tertiary alicyclic amines) is 1. The molecule has 2 aliphatic carbocycles. The molecule has 4 unspecified atom stereocenters. The van der Waals surface area contributed by atoms with Crippen molar-refractivity contribution >= 4 is 0 Å². The Morgan fingerprint density at radius 3 is 2.71 bits per heavy atom. The molecule has 0 aromatic heterocycles. The molecule has 3 fully saturated rings. The standard InChI is InChI=1S/C15H28N2/c1-11(2)16-9-13-5-6-17(10-13)15-8-12-3-4-14(15)7-12/h11-16H,3-10H2,1-2H3. The first-order valence-corrected chi connectivity index (χ1v) is 7.70. The highest BCUT2D eigenvalue weighted by Crippen LogP contribution is 2.47. The summed E-state index contributed by atoms with van der Waals surface area (Å²) >= 11 is 0. The van der Waals surface area contributed by atoms with Crippen LogP contribution in [-0.2, 0) is 0 Å². The molecule has 2 nitrogen and oxygen atoms in total. The number of rotatable bonds is 4. The van der Waals surface area contributed by atoms with Gasteiger partial charge in [0.2, 0.25) is 0 Å². The van der Waals surface area contributed by atoms with Crippen LogP contribution in [0, 0.1) is 17.8 Å². The molecule has 0 aromatic rings. The molecule has 2 saturated carbocycles. The Morgan fingerprint density at radius 1 is 1.18 bits per heavy atom. The topological polar surface area (TPSA) is 15.3 Å². The summed E-state index contributed by atoms with van der Waals surface area (Å²) in [7, 11) is 0. The van der Waals surface area contributed by atoms with Crippen LogP contribution < -0.4 is 5.32 Å².